The second-order valence-electron chi connectivity index (χ2n) is 6.36. The number of hydrogen-bond acceptors (Lipinski definition) is 7. The first-order valence-corrected chi connectivity index (χ1v) is 9.67. The number of hydrogen-bond donors (Lipinski definition) is 1. The summed E-state index contributed by atoms with van der Waals surface area (Å²) in [4.78, 5) is 26.0. The van der Waals surface area contributed by atoms with Crippen molar-refractivity contribution in [2.24, 2.45) is 0 Å². The van der Waals surface area contributed by atoms with Crippen molar-refractivity contribution in [3.05, 3.63) is 86.7 Å². The fraction of sp³-hybridized carbons (Fsp3) is 0.0476. The van der Waals surface area contributed by atoms with Gasteiger partial charge in [0.05, 0.1) is 6.42 Å². The Morgan fingerprint density at radius 2 is 1.90 bits per heavy atom. The molecule has 3 aromatic heterocycles. The van der Waals surface area contributed by atoms with Gasteiger partial charge in [0.25, 0.3) is 5.91 Å². The predicted molar refractivity (Wildman–Crippen MR) is 109 cm³/mol. The summed E-state index contributed by atoms with van der Waals surface area (Å²) >= 11 is 1.57. The number of carbonyl (C=O) groups is 1. The molecule has 0 spiro atoms. The maximum Gasteiger partial charge on any atom is 0.349 e. The molecule has 3 heterocycles. The summed E-state index contributed by atoms with van der Waals surface area (Å²) in [5.41, 5.74) is -0.447. The van der Waals surface area contributed by atoms with Gasteiger partial charge in [-0.25, -0.2) is 4.79 Å². The second-order valence-corrected chi connectivity index (χ2v) is 7.39. The Hall–Kier alpha value is -3.78. The minimum atomic E-state index is -0.733. The molecule has 0 saturated heterocycles. The number of benzene rings is 2. The molecule has 5 rings (SSSR count). The third-order valence-corrected chi connectivity index (χ3v) is 5.36. The van der Waals surface area contributed by atoms with Gasteiger partial charge in [0.2, 0.25) is 5.89 Å². The molecule has 0 aliphatic heterocycles. The molecule has 7 nitrogen and oxygen atoms in total. The number of carbonyl (C=O) groups excluding carboxylic acids is 1. The number of amides is 1. The van der Waals surface area contributed by atoms with Crippen molar-refractivity contribution in [1.82, 2.24) is 10.2 Å². The number of nitrogens with zero attached hydrogens (tertiary/aromatic N) is 2. The molecule has 0 fully saturated rings. The normalized spacial score (nSPS) is 11.2. The molecule has 1 amide bonds. The van der Waals surface area contributed by atoms with E-state index in [0.717, 1.165) is 15.6 Å². The lowest BCUT2D eigenvalue weighted by Crippen LogP contribution is -2.20. The number of nitrogens with one attached hydrogen (secondary N) is 1. The molecular weight excluding hydrogens is 390 g/mol. The molecule has 0 atom stereocenters. The van der Waals surface area contributed by atoms with Crippen LogP contribution in [0.4, 0.5) is 6.01 Å². The van der Waals surface area contributed by atoms with Crippen molar-refractivity contribution in [2.45, 2.75) is 6.42 Å². The van der Waals surface area contributed by atoms with Crippen LogP contribution in [0.15, 0.2) is 73.6 Å². The fourth-order valence-electron chi connectivity index (χ4n) is 3.13. The van der Waals surface area contributed by atoms with Crippen LogP contribution in [0.1, 0.15) is 21.1 Å². The third kappa shape index (κ3) is 3.30. The summed E-state index contributed by atoms with van der Waals surface area (Å²) in [7, 11) is 0. The van der Waals surface area contributed by atoms with Crippen molar-refractivity contribution < 1.29 is 13.6 Å². The van der Waals surface area contributed by atoms with Gasteiger partial charge in [0, 0.05) is 10.3 Å². The number of fused-ring (bicyclic) bond motifs is 3. The molecule has 0 aliphatic rings. The average Bonchev–Trinajstić information content (AvgIpc) is 3.39. The van der Waals surface area contributed by atoms with Crippen LogP contribution in [0.3, 0.4) is 0 Å². The lowest BCUT2D eigenvalue weighted by Gasteiger charge is -2.05. The van der Waals surface area contributed by atoms with Crippen LogP contribution in [0.5, 0.6) is 0 Å². The van der Waals surface area contributed by atoms with Gasteiger partial charge in [-0.1, -0.05) is 41.5 Å². The predicted octanol–water partition coefficient (Wildman–Crippen LogP) is 4.23. The van der Waals surface area contributed by atoms with E-state index in [0.29, 0.717) is 23.3 Å². The Bertz CT molecular complexity index is 1400. The molecule has 29 heavy (non-hydrogen) atoms. The van der Waals surface area contributed by atoms with Crippen molar-refractivity contribution in [3.8, 4) is 0 Å². The van der Waals surface area contributed by atoms with Gasteiger partial charge in [-0.05, 0) is 34.4 Å². The van der Waals surface area contributed by atoms with Gasteiger partial charge in [0.1, 0.15) is 11.1 Å². The zero-order valence-electron chi connectivity index (χ0n) is 14.9. The second kappa shape index (κ2) is 6.99. The Morgan fingerprint density at radius 3 is 2.76 bits per heavy atom. The summed E-state index contributed by atoms with van der Waals surface area (Å²) in [5, 5.41) is 14.7. The topological polar surface area (TPSA) is 98.2 Å². The minimum Gasteiger partial charge on any atom is -0.422 e. The van der Waals surface area contributed by atoms with Gasteiger partial charge >= 0.3 is 11.6 Å². The summed E-state index contributed by atoms with van der Waals surface area (Å²) in [6.45, 7) is 0. The quantitative estimate of drug-likeness (QED) is 0.356. The highest BCUT2D eigenvalue weighted by Crippen LogP contribution is 2.25. The van der Waals surface area contributed by atoms with E-state index in [-0.39, 0.29) is 11.6 Å². The lowest BCUT2D eigenvalue weighted by atomic mass is 10.0. The first-order valence-electron chi connectivity index (χ1n) is 8.79. The molecule has 1 N–H and O–H groups in total. The maximum atomic E-state index is 12.6. The Labute approximate surface area is 167 Å². The Kier molecular flexibility index (Phi) is 4.18. The zero-order valence-corrected chi connectivity index (χ0v) is 15.7. The highest BCUT2D eigenvalue weighted by molar-refractivity contribution is 7.09. The first-order chi connectivity index (χ1) is 14.2. The van der Waals surface area contributed by atoms with Crippen LogP contribution in [0, 0.1) is 0 Å². The van der Waals surface area contributed by atoms with E-state index in [1.54, 1.807) is 17.4 Å². The monoisotopic (exact) mass is 403 g/mol. The number of rotatable bonds is 4. The smallest absolute Gasteiger partial charge is 0.349 e. The summed E-state index contributed by atoms with van der Waals surface area (Å²) in [6.07, 6.45) is 0.477. The van der Waals surface area contributed by atoms with E-state index in [1.807, 2.05) is 47.8 Å². The third-order valence-electron chi connectivity index (χ3n) is 4.48. The van der Waals surface area contributed by atoms with Crippen molar-refractivity contribution in [3.63, 3.8) is 0 Å². The summed E-state index contributed by atoms with van der Waals surface area (Å²) in [6, 6.07) is 16.6. The SMILES string of the molecule is O=C(Nc1nnc(Cc2cccs2)o1)c1cc2c(ccc3ccccc32)oc1=O. The van der Waals surface area contributed by atoms with E-state index < -0.39 is 11.5 Å². The van der Waals surface area contributed by atoms with Crippen LogP contribution < -0.4 is 10.9 Å². The molecule has 0 bridgehead atoms. The van der Waals surface area contributed by atoms with Crippen LogP contribution in [-0.4, -0.2) is 16.1 Å². The zero-order chi connectivity index (χ0) is 19.8. The molecule has 8 heteroatoms. The van der Waals surface area contributed by atoms with Crippen LogP contribution in [-0.2, 0) is 6.42 Å². The van der Waals surface area contributed by atoms with Crippen LogP contribution >= 0.6 is 11.3 Å². The van der Waals surface area contributed by atoms with E-state index in [2.05, 4.69) is 15.5 Å². The molecule has 0 radical (unpaired) electrons. The maximum absolute atomic E-state index is 12.6. The van der Waals surface area contributed by atoms with Gasteiger partial charge < -0.3 is 8.83 Å². The molecule has 5 aromatic rings. The van der Waals surface area contributed by atoms with Crippen LogP contribution in [0.25, 0.3) is 21.7 Å². The number of thiophene rings is 1. The molecule has 0 saturated carbocycles. The van der Waals surface area contributed by atoms with Gasteiger partial charge in [-0.2, -0.15) is 0 Å². The summed E-state index contributed by atoms with van der Waals surface area (Å²) < 4.78 is 10.8. The fourth-order valence-corrected chi connectivity index (χ4v) is 3.83. The van der Waals surface area contributed by atoms with E-state index in [9.17, 15) is 9.59 Å². The first kappa shape index (κ1) is 17.3. The molecule has 0 unspecified atom stereocenters. The highest BCUT2D eigenvalue weighted by atomic mass is 32.1. The van der Waals surface area contributed by atoms with E-state index >= 15 is 0 Å². The lowest BCUT2D eigenvalue weighted by molar-refractivity contribution is 0.102. The number of aromatic nitrogens is 2. The molecule has 0 aliphatic carbocycles. The number of anilines is 1. The van der Waals surface area contributed by atoms with E-state index in [4.69, 9.17) is 8.83 Å². The van der Waals surface area contributed by atoms with Gasteiger partial charge in [-0.15, -0.1) is 16.4 Å². The largest absolute Gasteiger partial charge is 0.422 e. The van der Waals surface area contributed by atoms with Crippen molar-refractivity contribution in [1.29, 1.82) is 0 Å². The van der Waals surface area contributed by atoms with E-state index in [1.165, 1.54) is 6.07 Å². The summed E-state index contributed by atoms with van der Waals surface area (Å²) in [5.74, 6) is -0.292. The van der Waals surface area contributed by atoms with Crippen molar-refractivity contribution >= 4 is 45.0 Å². The minimum absolute atomic E-state index is 0.0704. The van der Waals surface area contributed by atoms with Gasteiger partial charge in [-0.3, -0.25) is 10.1 Å². The molecular formula is C21H13N3O4S. The standard InChI is InChI=1S/C21H13N3O4S/c25-19(22-21-24-23-18(28-21)10-13-5-3-9-29-13)16-11-15-14-6-2-1-4-12(14)7-8-17(15)27-20(16)26/h1-9,11H,10H2,(H,22,24,25). The molecule has 142 valence electrons. The van der Waals surface area contributed by atoms with Gasteiger partial charge in [0.15, 0.2) is 0 Å². The van der Waals surface area contributed by atoms with Crippen molar-refractivity contribution in [2.75, 3.05) is 5.32 Å². The Morgan fingerprint density at radius 1 is 1.00 bits per heavy atom. The van der Waals surface area contributed by atoms with Crippen LogP contribution in [0.2, 0.25) is 0 Å². The Balaban J connectivity index is 1.46. The molecule has 2 aromatic carbocycles. The highest BCUT2D eigenvalue weighted by Gasteiger charge is 2.18. The average molecular weight is 403 g/mol.